The molecule has 0 unspecified atom stereocenters. The van der Waals surface area contributed by atoms with Crippen LogP contribution in [0.2, 0.25) is 0 Å². The van der Waals surface area contributed by atoms with Gasteiger partial charge in [0.1, 0.15) is 0 Å². The van der Waals surface area contributed by atoms with E-state index >= 15 is 0 Å². The molecular weight excluding hydrogens is 943 g/mol. The Labute approximate surface area is 456 Å². The van der Waals surface area contributed by atoms with E-state index in [4.69, 9.17) is 0 Å². The Morgan fingerprint density at radius 3 is 0.897 bits per heavy atom. The number of hydrogen-bond acceptors (Lipinski definition) is 1. The molecule has 2 heterocycles. The van der Waals surface area contributed by atoms with Gasteiger partial charge in [0, 0.05) is 62.4 Å². The van der Waals surface area contributed by atoms with Crippen LogP contribution >= 0.6 is 0 Å². The molecule has 372 valence electrons. The predicted octanol–water partition coefficient (Wildman–Crippen LogP) is 20.9. The smallest absolute Gasteiger partial charge is 0.0541 e. The lowest BCUT2D eigenvalue weighted by Gasteiger charge is -2.25. The third-order valence-electron chi connectivity index (χ3n) is 15.4. The van der Waals surface area contributed by atoms with Crippen LogP contribution in [0.15, 0.2) is 291 Å². The Hall–Kier alpha value is -9.96. The number of benzene rings is 12. The van der Waals surface area contributed by atoms with Crippen LogP contribution in [0, 0.1) is 0 Å². The molecule has 0 bridgehead atoms. The number of rotatable bonds is 10. The van der Waals surface area contributed by atoms with Crippen LogP contribution in [0.5, 0.6) is 0 Å². The zero-order chi connectivity index (χ0) is 52.5. The summed E-state index contributed by atoms with van der Waals surface area (Å²) >= 11 is 0. The molecule has 3 heteroatoms. The van der Waals surface area contributed by atoms with Crippen molar-refractivity contribution in [3.63, 3.8) is 0 Å². The molecule has 0 saturated carbocycles. The molecule has 0 amide bonds. The second kappa shape index (κ2) is 20.6. The van der Waals surface area contributed by atoms with Gasteiger partial charge in [-0.2, -0.15) is 0 Å². The Kier molecular flexibility index (Phi) is 12.6. The molecule has 12 aromatic carbocycles. The Bertz CT molecular complexity index is 4340. The van der Waals surface area contributed by atoms with Gasteiger partial charge in [0.05, 0.1) is 11.0 Å². The first-order valence-corrected chi connectivity index (χ1v) is 27.1. The monoisotopic (exact) mass is 999 g/mol. The molecular formula is C75H57N3. The summed E-state index contributed by atoms with van der Waals surface area (Å²) in [7, 11) is 2.17. The third-order valence-corrected chi connectivity index (χ3v) is 15.4. The first-order chi connectivity index (χ1) is 38.6. The summed E-state index contributed by atoms with van der Waals surface area (Å²) in [5, 5.41) is 5.04. The lowest BCUT2D eigenvalue weighted by atomic mass is 9.96. The third kappa shape index (κ3) is 8.81. The topological polar surface area (TPSA) is 13.1 Å². The normalized spacial score (nSPS) is 11.3. The highest BCUT2D eigenvalue weighted by Crippen LogP contribution is 2.40. The van der Waals surface area contributed by atoms with Crippen LogP contribution in [-0.2, 0) is 7.05 Å². The molecule has 0 aliphatic carbocycles. The molecule has 0 N–H and O–H groups in total. The molecule has 0 saturated heterocycles. The average Bonchev–Trinajstić information content (AvgIpc) is 4.09. The highest BCUT2D eigenvalue weighted by atomic mass is 15.1. The van der Waals surface area contributed by atoms with Crippen molar-refractivity contribution in [2.24, 2.45) is 7.05 Å². The Morgan fingerprint density at radius 2 is 0.500 bits per heavy atom. The van der Waals surface area contributed by atoms with Gasteiger partial charge in [0.2, 0.25) is 0 Å². The van der Waals surface area contributed by atoms with Gasteiger partial charge in [0.25, 0.3) is 0 Å². The second-order valence-corrected chi connectivity index (χ2v) is 19.8. The van der Waals surface area contributed by atoms with Gasteiger partial charge in [-0.1, -0.05) is 214 Å². The molecule has 2 aromatic heterocycles. The van der Waals surface area contributed by atoms with Crippen molar-refractivity contribution in [2.75, 3.05) is 4.90 Å². The predicted molar refractivity (Wildman–Crippen MR) is 333 cm³/mol. The summed E-state index contributed by atoms with van der Waals surface area (Å²) in [5.41, 5.74) is 23.9. The number of nitrogens with zero attached hydrogens (tertiary/aromatic N) is 3. The van der Waals surface area contributed by atoms with E-state index in [1.54, 1.807) is 0 Å². The summed E-state index contributed by atoms with van der Waals surface area (Å²) < 4.78 is 4.68. The molecule has 0 fully saturated rings. The van der Waals surface area contributed by atoms with Crippen molar-refractivity contribution < 1.29 is 0 Å². The molecule has 3 nitrogen and oxygen atoms in total. The van der Waals surface area contributed by atoms with Crippen molar-refractivity contribution in [3.05, 3.63) is 291 Å². The van der Waals surface area contributed by atoms with Crippen LogP contribution < -0.4 is 4.90 Å². The molecule has 0 spiro atoms. The van der Waals surface area contributed by atoms with Crippen LogP contribution in [0.3, 0.4) is 0 Å². The largest absolute Gasteiger partial charge is 0.344 e. The van der Waals surface area contributed by atoms with Gasteiger partial charge in [-0.3, -0.25) is 0 Å². The lowest BCUT2D eigenvalue weighted by molar-refractivity contribution is 1.01. The number of para-hydroxylation sites is 4. The minimum absolute atomic E-state index is 1.12. The van der Waals surface area contributed by atoms with Gasteiger partial charge in [0.15, 0.2) is 0 Å². The van der Waals surface area contributed by atoms with Crippen LogP contribution in [-0.4, -0.2) is 9.13 Å². The summed E-state index contributed by atoms with van der Waals surface area (Å²) in [6, 6.07) is 106. The minimum atomic E-state index is 1.12. The molecule has 14 rings (SSSR count). The van der Waals surface area contributed by atoms with E-state index in [-0.39, 0.29) is 0 Å². The fourth-order valence-corrected chi connectivity index (χ4v) is 11.4. The first kappa shape index (κ1) is 47.7. The quantitative estimate of drug-likeness (QED) is 0.133. The highest BCUT2D eigenvalue weighted by Gasteiger charge is 2.16. The number of anilines is 3. The van der Waals surface area contributed by atoms with Crippen molar-refractivity contribution in [3.8, 4) is 72.4 Å². The van der Waals surface area contributed by atoms with E-state index in [9.17, 15) is 0 Å². The summed E-state index contributed by atoms with van der Waals surface area (Å²) in [6.07, 6.45) is 0. The maximum atomic E-state index is 2.37. The van der Waals surface area contributed by atoms with Gasteiger partial charge in [-0.05, 0) is 158 Å². The summed E-state index contributed by atoms with van der Waals surface area (Å²) in [5.74, 6) is 0. The van der Waals surface area contributed by atoms with Gasteiger partial charge in [-0.15, -0.1) is 0 Å². The van der Waals surface area contributed by atoms with Crippen LogP contribution in [0.4, 0.5) is 17.1 Å². The number of fused-ring (bicyclic) bond motifs is 6. The van der Waals surface area contributed by atoms with Crippen molar-refractivity contribution in [1.82, 2.24) is 9.13 Å². The number of hydrogen-bond donors (Lipinski definition) is 0. The molecule has 0 aliphatic heterocycles. The zero-order valence-electron chi connectivity index (χ0n) is 44.1. The Morgan fingerprint density at radius 1 is 0.231 bits per heavy atom. The second-order valence-electron chi connectivity index (χ2n) is 19.8. The van der Waals surface area contributed by atoms with Gasteiger partial charge < -0.3 is 14.0 Å². The van der Waals surface area contributed by atoms with Crippen LogP contribution in [0.1, 0.15) is 13.8 Å². The molecule has 0 radical (unpaired) electrons. The fraction of sp³-hybridized carbons (Fsp3) is 0.0400. The van der Waals surface area contributed by atoms with E-state index in [1.807, 2.05) is 13.8 Å². The zero-order valence-corrected chi connectivity index (χ0v) is 44.1. The average molecular weight is 1000 g/mol. The maximum absolute atomic E-state index is 2.37. The molecule has 78 heavy (non-hydrogen) atoms. The molecule has 0 atom stereocenters. The van der Waals surface area contributed by atoms with E-state index < -0.39 is 0 Å². The van der Waals surface area contributed by atoms with Gasteiger partial charge >= 0.3 is 0 Å². The van der Waals surface area contributed by atoms with E-state index in [0.717, 1.165) is 17.1 Å². The SMILES string of the molecule is CC.Cn1c2ccc(-c3ccc(-c4ccc(-c5ccc(N(c6ccccc6)c6ccccc6)cc5)cc4)cc3)cc2c2cc(-c3ccc(-c4ccc(-c5ccc6c(c5)c5ccccc5n6-c5ccccc5)cc4)cc3)ccc21. The van der Waals surface area contributed by atoms with Crippen molar-refractivity contribution in [1.29, 1.82) is 0 Å². The standard InChI is InChI=1S/C73H51N3.C2H6/c1-74-70-44-39-59(56-31-25-51(26-32-56)50-21-23-54(24-22-50)55-37-42-65(43-38-55)75(62-13-5-2-6-14-62)63-15-7-3-8-16-63)48-68(70)69-49-60(40-45-71(69)74)57-33-27-52(28-34-57)53-29-35-58(36-30-53)61-41-46-73-67(47-61)66-19-11-12-20-72(66)76(73)64-17-9-4-10-18-64;1-2/h2-49H,1H3;1-2H3. The molecule has 14 aromatic rings. The fourth-order valence-electron chi connectivity index (χ4n) is 11.4. The van der Waals surface area contributed by atoms with Gasteiger partial charge in [-0.25, -0.2) is 0 Å². The molecule has 0 aliphatic rings. The van der Waals surface area contributed by atoms with E-state index in [2.05, 4.69) is 312 Å². The van der Waals surface area contributed by atoms with E-state index in [1.165, 1.54) is 116 Å². The Balaban J connectivity index is 0.00000286. The summed E-state index contributed by atoms with van der Waals surface area (Å²) in [6.45, 7) is 4.00. The highest BCUT2D eigenvalue weighted by molar-refractivity contribution is 6.11. The summed E-state index contributed by atoms with van der Waals surface area (Å²) in [4.78, 5) is 2.29. The first-order valence-electron chi connectivity index (χ1n) is 27.1. The van der Waals surface area contributed by atoms with Crippen LogP contribution in [0.25, 0.3) is 116 Å². The van der Waals surface area contributed by atoms with Crippen molar-refractivity contribution >= 4 is 60.7 Å². The number of aryl methyl sites for hydroxylation is 1. The lowest BCUT2D eigenvalue weighted by Crippen LogP contribution is -2.09. The minimum Gasteiger partial charge on any atom is -0.344 e. The van der Waals surface area contributed by atoms with E-state index in [0.29, 0.717) is 0 Å². The van der Waals surface area contributed by atoms with Crippen molar-refractivity contribution in [2.45, 2.75) is 13.8 Å². The maximum Gasteiger partial charge on any atom is 0.0541 e. The number of aromatic nitrogens is 2.